The fraction of sp³-hybridized carbons (Fsp3) is 0.188. The number of anilines is 1. The number of rotatable bonds is 4. The second-order valence-electron chi connectivity index (χ2n) is 4.98. The summed E-state index contributed by atoms with van der Waals surface area (Å²) in [5.74, 6) is -0.545. The predicted molar refractivity (Wildman–Crippen MR) is 88.5 cm³/mol. The summed E-state index contributed by atoms with van der Waals surface area (Å²) in [6, 6.07) is 7.78. The highest BCUT2D eigenvalue weighted by molar-refractivity contribution is 6.30. The molecule has 0 spiro atoms. The zero-order valence-electron chi connectivity index (χ0n) is 12.8. The number of benzene rings is 2. The quantitative estimate of drug-likeness (QED) is 0.673. The smallest absolute Gasteiger partial charge is 0.323 e. The van der Waals surface area contributed by atoms with Gasteiger partial charge in [0.2, 0.25) is 0 Å². The Kier molecular flexibility index (Phi) is 4.86. The Morgan fingerprint density at radius 3 is 2.39 bits per heavy atom. The first-order chi connectivity index (χ1) is 10.8. The fourth-order valence-electron chi connectivity index (χ4n) is 2.35. The van der Waals surface area contributed by atoms with Gasteiger partial charge in [-0.2, -0.15) is 0 Å². The Hall–Kier alpha value is -2.60. The Balaban J connectivity index is 2.45. The number of nitro benzene ring substituents is 1. The highest BCUT2D eigenvalue weighted by Crippen LogP contribution is 2.32. The summed E-state index contributed by atoms with van der Waals surface area (Å²) in [6.45, 7) is 3.60. The molecule has 1 amide bonds. The van der Waals surface area contributed by atoms with Gasteiger partial charge in [0.05, 0.1) is 12.0 Å². The molecule has 23 heavy (non-hydrogen) atoms. The van der Waals surface area contributed by atoms with E-state index in [2.05, 4.69) is 5.32 Å². The molecule has 6 nitrogen and oxygen atoms in total. The van der Waals surface area contributed by atoms with Gasteiger partial charge in [0.1, 0.15) is 5.56 Å². The second-order valence-corrected chi connectivity index (χ2v) is 5.42. The van der Waals surface area contributed by atoms with Crippen molar-refractivity contribution < 1.29 is 14.5 Å². The summed E-state index contributed by atoms with van der Waals surface area (Å²) in [4.78, 5) is 23.1. The molecule has 0 bridgehead atoms. The van der Waals surface area contributed by atoms with E-state index in [4.69, 9.17) is 16.3 Å². The van der Waals surface area contributed by atoms with Crippen molar-refractivity contribution in [2.24, 2.45) is 0 Å². The van der Waals surface area contributed by atoms with Crippen molar-refractivity contribution in [3.05, 3.63) is 62.2 Å². The maximum absolute atomic E-state index is 12.5. The van der Waals surface area contributed by atoms with Crippen molar-refractivity contribution in [2.45, 2.75) is 13.8 Å². The molecule has 0 unspecified atom stereocenters. The van der Waals surface area contributed by atoms with Gasteiger partial charge in [-0.15, -0.1) is 0 Å². The summed E-state index contributed by atoms with van der Waals surface area (Å²) in [5.41, 5.74) is 1.69. The molecular weight excluding hydrogens is 320 g/mol. The Bertz CT molecular complexity index is 767. The van der Waals surface area contributed by atoms with Crippen molar-refractivity contribution in [3.8, 4) is 5.75 Å². The summed E-state index contributed by atoms with van der Waals surface area (Å²) in [5, 5.41) is 14.5. The van der Waals surface area contributed by atoms with Crippen LogP contribution >= 0.6 is 11.6 Å². The number of hydrogen-bond donors (Lipinski definition) is 1. The van der Waals surface area contributed by atoms with Gasteiger partial charge in [0.25, 0.3) is 5.91 Å². The molecule has 0 radical (unpaired) electrons. The van der Waals surface area contributed by atoms with Crippen molar-refractivity contribution in [2.75, 3.05) is 12.4 Å². The third kappa shape index (κ3) is 3.43. The van der Waals surface area contributed by atoms with Crippen LogP contribution in [-0.4, -0.2) is 17.9 Å². The number of hydrogen-bond acceptors (Lipinski definition) is 4. The van der Waals surface area contributed by atoms with Gasteiger partial charge in [-0.3, -0.25) is 14.9 Å². The van der Waals surface area contributed by atoms with Crippen LogP contribution in [0.5, 0.6) is 5.75 Å². The third-order valence-electron chi connectivity index (χ3n) is 3.38. The number of para-hydroxylation sites is 1. The molecule has 0 fully saturated rings. The minimum Gasteiger partial charge on any atom is -0.490 e. The lowest BCUT2D eigenvalue weighted by Crippen LogP contribution is -2.16. The normalized spacial score (nSPS) is 10.3. The second kappa shape index (κ2) is 6.66. The van der Waals surface area contributed by atoms with Crippen LogP contribution in [0.2, 0.25) is 5.02 Å². The van der Waals surface area contributed by atoms with Crippen LogP contribution in [0.15, 0.2) is 30.3 Å². The SMILES string of the molecule is COc1cccc(C(=O)Nc2c(C)cc(Cl)cc2C)c1[N+](=O)[O-]. The number of amides is 1. The maximum Gasteiger partial charge on any atom is 0.323 e. The van der Waals surface area contributed by atoms with E-state index >= 15 is 0 Å². The Labute approximate surface area is 138 Å². The zero-order valence-corrected chi connectivity index (χ0v) is 13.6. The predicted octanol–water partition coefficient (Wildman–Crippen LogP) is 4.13. The standard InChI is InChI=1S/C16H15ClN2O4/c1-9-7-11(17)8-10(2)14(9)18-16(20)12-5-4-6-13(23-3)15(12)19(21)22/h4-8H,1-3H3,(H,18,20). The van der Waals surface area contributed by atoms with Gasteiger partial charge in [0.15, 0.2) is 5.75 Å². The first kappa shape index (κ1) is 16.8. The number of aryl methyl sites for hydroxylation is 2. The van der Waals surface area contributed by atoms with Crippen LogP contribution in [-0.2, 0) is 0 Å². The maximum atomic E-state index is 12.5. The molecule has 0 atom stereocenters. The number of nitrogens with one attached hydrogen (secondary N) is 1. The Morgan fingerprint density at radius 1 is 1.26 bits per heavy atom. The van der Waals surface area contributed by atoms with Crippen LogP contribution in [0.1, 0.15) is 21.5 Å². The molecule has 2 rings (SSSR count). The van der Waals surface area contributed by atoms with Crippen LogP contribution in [0, 0.1) is 24.0 Å². The molecule has 0 heterocycles. The van der Waals surface area contributed by atoms with Crippen LogP contribution in [0.4, 0.5) is 11.4 Å². The fourth-order valence-corrected chi connectivity index (χ4v) is 2.67. The first-order valence-electron chi connectivity index (χ1n) is 6.74. The number of halogens is 1. The monoisotopic (exact) mass is 334 g/mol. The molecule has 120 valence electrons. The molecule has 2 aromatic carbocycles. The molecule has 0 aromatic heterocycles. The molecule has 0 aliphatic rings. The lowest BCUT2D eigenvalue weighted by molar-refractivity contribution is -0.386. The molecule has 2 aromatic rings. The van der Waals surface area contributed by atoms with Gasteiger partial charge in [-0.25, -0.2) is 0 Å². The van der Waals surface area contributed by atoms with Crippen molar-refractivity contribution in [1.29, 1.82) is 0 Å². The van der Waals surface area contributed by atoms with Gasteiger partial charge >= 0.3 is 5.69 Å². The molecule has 0 aliphatic heterocycles. The number of nitro groups is 1. The average Bonchev–Trinajstić information content (AvgIpc) is 2.49. The number of nitrogens with zero attached hydrogens (tertiary/aromatic N) is 1. The molecule has 0 saturated heterocycles. The largest absolute Gasteiger partial charge is 0.490 e. The van der Waals surface area contributed by atoms with E-state index in [1.54, 1.807) is 26.0 Å². The topological polar surface area (TPSA) is 81.5 Å². The number of ether oxygens (including phenoxy) is 1. The molecule has 0 aliphatic carbocycles. The highest BCUT2D eigenvalue weighted by Gasteiger charge is 2.25. The van der Waals surface area contributed by atoms with Gasteiger partial charge in [-0.05, 0) is 49.2 Å². The highest BCUT2D eigenvalue weighted by atomic mass is 35.5. The number of carbonyl (C=O) groups is 1. The molecule has 0 saturated carbocycles. The van der Waals surface area contributed by atoms with Gasteiger partial charge in [-0.1, -0.05) is 17.7 Å². The van der Waals surface area contributed by atoms with E-state index in [0.717, 1.165) is 11.1 Å². The zero-order chi connectivity index (χ0) is 17.1. The van der Waals surface area contributed by atoms with Crippen LogP contribution < -0.4 is 10.1 Å². The minimum absolute atomic E-state index is 0.0344. The van der Waals surface area contributed by atoms with Crippen molar-refractivity contribution in [1.82, 2.24) is 0 Å². The minimum atomic E-state index is -0.630. The molecular formula is C16H15ClN2O4. The molecule has 1 N–H and O–H groups in total. The summed E-state index contributed by atoms with van der Waals surface area (Å²) in [7, 11) is 1.32. The van der Waals surface area contributed by atoms with Crippen LogP contribution in [0.25, 0.3) is 0 Å². The summed E-state index contributed by atoms with van der Waals surface area (Å²) >= 11 is 5.96. The Morgan fingerprint density at radius 2 is 1.87 bits per heavy atom. The van der Waals surface area contributed by atoms with Gasteiger partial charge in [0, 0.05) is 10.7 Å². The van der Waals surface area contributed by atoms with E-state index in [1.807, 2.05) is 0 Å². The molecule has 7 heteroatoms. The number of methoxy groups -OCH3 is 1. The first-order valence-corrected chi connectivity index (χ1v) is 7.12. The van der Waals surface area contributed by atoms with E-state index < -0.39 is 10.8 Å². The third-order valence-corrected chi connectivity index (χ3v) is 3.60. The van der Waals surface area contributed by atoms with Crippen molar-refractivity contribution >= 4 is 28.9 Å². The lowest BCUT2D eigenvalue weighted by atomic mass is 10.1. The van der Waals surface area contributed by atoms with Crippen molar-refractivity contribution in [3.63, 3.8) is 0 Å². The van der Waals surface area contributed by atoms with E-state index in [9.17, 15) is 14.9 Å². The van der Waals surface area contributed by atoms with Gasteiger partial charge < -0.3 is 10.1 Å². The average molecular weight is 335 g/mol. The lowest BCUT2D eigenvalue weighted by Gasteiger charge is -2.13. The summed E-state index contributed by atoms with van der Waals surface area (Å²) in [6.07, 6.45) is 0. The summed E-state index contributed by atoms with van der Waals surface area (Å²) < 4.78 is 4.97. The van der Waals surface area contributed by atoms with E-state index in [1.165, 1.54) is 25.3 Å². The van der Waals surface area contributed by atoms with E-state index in [0.29, 0.717) is 10.7 Å². The van der Waals surface area contributed by atoms with E-state index in [-0.39, 0.29) is 17.0 Å². The number of carbonyl (C=O) groups excluding carboxylic acids is 1. The van der Waals surface area contributed by atoms with Crippen LogP contribution in [0.3, 0.4) is 0 Å².